The van der Waals surface area contributed by atoms with Crippen molar-refractivity contribution in [2.75, 3.05) is 7.11 Å². The van der Waals surface area contributed by atoms with Crippen molar-refractivity contribution in [3.05, 3.63) is 52.3 Å². The van der Waals surface area contributed by atoms with Gasteiger partial charge in [0.05, 0.1) is 7.11 Å². The van der Waals surface area contributed by atoms with Crippen LogP contribution in [0.3, 0.4) is 0 Å². The molecule has 0 radical (unpaired) electrons. The molecule has 1 nitrogen and oxygen atoms in total. The first-order chi connectivity index (χ1) is 13.1. The van der Waals surface area contributed by atoms with E-state index in [1.165, 1.54) is 55.9 Å². The van der Waals surface area contributed by atoms with Crippen molar-refractivity contribution in [1.82, 2.24) is 0 Å². The molecule has 3 rings (SSSR count). The predicted molar refractivity (Wildman–Crippen MR) is 124 cm³/mol. The minimum absolute atomic E-state index is 0.0366. The molecule has 0 fully saturated rings. The molecule has 1 aromatic carbocycles. The summed E-state index contributed by atoms with van der Waals surface area (Å²) in [6.45, 7) is 17.7. The first kappa shape index (κ1) is 21.3. The van der Waals surface area contributed by atoms with E-state index in [9.17, 15) is 0 Å². The van der Waals surface area contributed by atoms with Crippen LogP contribution in [0.25, 0.3) is 10.9 Å². The van der Waals surface area contributed by atoms with Crippen molar-refractivity contribution in [3.63, 3.8) is 0 Å². The van der Waals surface area contributed by atoms with Crippen molar-refractivity contribution < 1.29 is 4.74 Å². The quantitative estimate of drug-likeness (QED) is 0.479. The summed E-state index contributed by atoms with van der Waals surface area (Å²) in [6, 6.07) is 4.82. The second-order valence-electron chi connectivity index (χ2n) is 10.2. The van der Waals surface area contributed by atoms with Gasteiger partial charge in [-0.25, -0.2) is 0 Å². The molecule has 152 valence electrons. The smallest absolute Gasteiger partial charge is 0.126 e. The summed E-state index contributed by atoms with van der Waals surface area (Å²) < 4.78 is 5.97. The van der Waals surface area contributed by atoms with E-state index in [0.717, 1.165) is 12.2 Å². The highest BCUT2D eigenvalue weighted by molar-refractivity contribution is 7.35. The van der Waals surface area contributed by atoms with Crippen molar-refractivity contribution in [2.24, 2.45) is 0 Å². The molecule has 1 heterocycles. The highest BCUT2D eigenvalue weighted by Crippen LogP contribution is 2.48. The van der Waals surface area contributed by atoms with Crippen molar-refractivity contribution in [3.8, 4) is 16.6 Å². The third kappa shape index (κ3) is 3.97. The van der Waals surface area contributed by atoms with Crippen LogP contribution in [0.15, 0.2) is 24.8 Å². The molecule has 0 atom stereocenters. The second-order valence-corrected chi connectivity index (χ2v) is 11.4. The summed E-state index contributed by atoms with van der Waals surface area (Å²) >= 11 is 0. The van der Waals surface area contributed by atoms with Crippen molar-refractivity contribution in [1.29, 1.82) is 0 Å². The lowest BCUT2D eigenvalue weighted by Crippen LogP contribution is -2.19. The van der Waals surface area contributed by atoms with Crippen LogP contribution < -0.4 is 4.74 Å². The minimum atomic E-state index is 0.0366. The Morgan fingerprint density at radius 3 is 1.96 bits per heavy atom. The molecular formula is C26H36OP-. The number of fused-ring (bicyclic) bond motifs is 1. The number of ether oxygens (including phenoxy) is 1. The molecule has 28 heavy (non-hydrogen) atoms. The Morgan fingerprint density at radius 1 is 0.964 bits per heavy atom. The maximum absolute atomic E-state index is 5.97. The van der Waals surface area contributed by atoms with Crippen molar-refractivity contribution in [2.45, 2.75) is 84.5 Å². The van der Waals surface area contributed by atoms with E-state index in [1.54, 1.807) is 16.4 Å². The van der Waals surface area contributed by atoms with Crippen LogP contribution in [-0.4, -0.2) is 7.11 Å². The monoisotopic (exact) mass is 395 g/mol. The first-order valence-corrected chi connectivity index (χ1v) is 11.5. The molecule has 0 saturated carbocycles. The zero-order valence-corrected chi connectivity index (χ0v) is 19.7. The lowest BCUT2D eigenvalue weighted by Gasteiger charge is -2.31. The topological polar surface area (TPSA) is 9.23 Å². The number of hydrogen-bond acceptors (Lipinski definition) is 1. The van der Waals surface area contributed by atoms with E-state index in [0.29, 0.717) is 0 Å². The van der Waals surface area contributed by atoms with Gasteiger partial charge in [0, 0.05) is 11.1 Å². The number of benzene rings is 1. The number of hydrogen-bond donors (Lipinski definition) is 0. The molecule has 2 heteroatoms. The molecule has 1 aliphatic carbocycles. The van der Waals surface area contributed by atoms with E-state index in [4.69, 9.17) is 4.74 Å². The molecule has 1 aliphatic rings. The first-order valence-electron chi connectivity index (χ1n) is 10.6. The average molecular weight is 396 g/mol. The molecule has 2 aromatic rings. The van der Waals surface area contributed by atoms with Crippen LogP contribution in [0, 0.1) is 0 Å². The molecule has 0 spiro atoms. The zero-order valence-electron chi connectivity index (χ0n) is 18.8. The lowest BCUT2D eigenvalue weighted by atomic mass is 9.77. The Balaban J connectivity index is 2.30. The minimum Gasteiger partial charge on any atom is -0.518 e. The van der Waals surface area contributed by atoms with Gasteiger partial charge in [0.15, 0.2) is 0 Å². The second kappa shape index (κ2) is 7.75. The van der Waals surface area contributed by atoms with Crippen molar-refractivity contribution >= 4 is 8.19 Å². The van der Waals surface area contributed by atoms with Crippen LogP contribution in [0.5, 0.6) is 5.75 Å². The molecule has 0 unspecified atom stereocenters. The average Bonchev–Trinajstić information content (AvgIpc) is 2.98. The third-order valence-corrected chi connectivity index (χ3v) is 7.34. The number of methoxy groups -OCH3 is 1. The Bertz CT molecular complexity index is 836. The Kier molecular flexibility index (Phi) is 5.88. The molecule has 0 amide bonds. The van der Waals surface area contributed by atoms with Crippen LogP contribution >= 0.6 is 8.19 Å². The largest absolute Gasteiger partial charge is 0.518 e. The summed E-state index contributed by atoms with van der Waals surface area (Å²) in [5.41, 5.74) is 7.35. The fourth-order valence-electron chi connectivity index (χ4n) is 4.40. The summed E-state index contributed by atoms with van der Waals surface area (Å²) in [4.78, 5) is 0. The molecule has 1 aromatic heterocycles. The van der Waals surface area contributed by atoms with E-state index in [-0.39, 0.29) is 10.8 Å². The highest BCUT2D eigenvalue weighted by Gasteiger charge is 2.28. The number of rotatable bonds is 4. The molecule has 0 N–H and O–H groups in total. The summed E-state index contributed by atoms with van der Waals surface area (Å²) in [5, 5.41) is 3.11. The van der Waals surface area contributed by atoms with Gasteiger partial charge in [-0.1, -0.05) is 58.7 Å². The van der Waals surface area contributed by atoms with Gasteiger partial charge in [-0.15, -0.1) is 6.58 Å². The number of allylic oxidation sites excluding steroid dienone is 1. The van der Waals surface area contributed by atoms with Gasteiger partial charge in [0.2, 0.25) is 0 Å². The van der Waals surface area contributed by atoms with Crippen LogP contribution in [0.2, 0.25) is 0 Å². The van der Waals surface area contributed by atoms with Gasteiger partial charge in [-0.2, -0.15) is 10.6 Å². The van der Waals surface area contributed by atoms with Gasteiger partial charge in [0.25, 0.3) is 0 Å². The molecule has 0 bridgehead atoms. The standard InChI is InChI=1S/C26H36OP/c1-9-12-22-18-13-10-11-14-19(18)24(28-22)17-15-20(25(2,3)4)23(27-8)21(16-17)26(5,6)7/h9,15-16H,1,10-14H2,2-8H3/q-1. The van der Waals surface area contributed by atoms with Gasteiger partial charge < -0.3 is 12.9 Å². The van der Waals surface area contributed by atoms with Gasteiger partial charge >= 0.3 is 0 Å². The van der Waals surface area contributed by atoms with E-state index in [1.807, 2.05) is 7.11 Å². The van der Waals surface area contributed by atoms with Crippen LogP contribution in [-0.2, 0) is 30.1 Å². The molecule has 0 aliphatic heterocycles. The molecule has 0 saturated heterocycles. The normalized spacial score (nSPS) is 15.0. The lowest BCUT2D eigenvalue weighted by molar-refractivity contribution is 0.381. The SMILES string of the molecule is C=CCc1[p-]c(-c2cc(C(C)(C)C)c(OC)c(C(C)(C)C)c2)c2c1CCCC2. The predicted octanol–water partition coefficient (Wildman–Crippen LogP) is 7.86. The summed E-state index contributed by atoms with van der Waals surface area (Å²) in [5.74, 6) is 1.06. The van der Waals surface area contributed by atoms with Gasteiger partial charge in [-0.3, -0.25) is 0 Å². The fraction of sp³-hybridized carbons (Fsp3) is 0.538. The molecular weight excluding hydrogens is 359 g/mol. The van der Waals surface area contributed by atoms with Gasteiger partial charge in [-0.05, 0) is 60.6 Å². The van der Waals surface area contributed by atoms with E-state index in [2.05, 4.69) is 66.3 Å². The van der Waals surface area contributed by atoms with Crippen LogP contribution in [0.4, 0.5) is 0 Å². The maximum atomic E-state index is 5.97. The van der Waals surface area contributed by atoms with E-state index >= 15 is 0 Å². The zero-order chi connectivity index (χ0) is 20.7. The van der Waals surface area contributed by atoms with Gasteiger partial charge in [0.1, 0.15) is 5.75 Å². The fourth-order valence-corrected chi connectivity index (χ4v) is 5.91. The highest BCUT2D eigenvalue weighted by atomic mass is 31.0. The van der Waals surface area contributed by atoms with E-state index < -0.39 is 0 Å². The Morgan fingerprint density at radius 2 is 1.50 bits per heavy atom. The summed E-state index contributed by atoms with van der Waals surface area (Å²) in [6.07, 6.45) is 8.18. The summed E-state index contributed by atoms with van der Waals surface area (Å²) in [7, 11) is 3.21. The third-order valence-electron chi connectivity index (χ3n) is 5.87. The maximum Gasteiger partial charge on any atom is 0.126 e. The Hall–Kier alpha value is -1.46. The van der Waals surface area contributed by atoms with Crippen LogP contribution in [0.1, 0.15) is 81.9 Å². The Labute approximate surface area is 173 Å².